The van der Waals surface area contributed by atoms with Gasteiger partial charge in [0.05, 0.1) is 6.04 Å². The molecule has 0 spiro atoms. The maximum Gasteiger partial charge on any atom is 0.272 e. The molecule has 3 atom stereocenters. The molecule has 5 aliphatic heterocycles. The van der Waals surface area contributed by atoms with Crippen LogP contribution in [0.5, 0.6) is 11.5 Å². The Hall–Kier alpha value is -2.54. The minimum absolute atomic E-state index is 0.122. The van der Waals surface area contributed by atoms with Crippen LogP contribution in [0.1, 0.15) is 41.7 Å². The van der Waals surface area contributed by atoms with Crippen LogP contribution in [-0.4, -0.2) is 64.0 Å². The fourth-order valence-corrected chi connectivity index (χ4v) is 6.01. The van der Waals surface area contributed by atoms with Gasteiger partial charge in [0.15, 0.2) is 11.5 Å². The Morgan fingerprint density at radius 3 is 2.79 bits per heavy atom. The summed E-state index contributed by atoms with van der Waals surface area (Å²) in [7, 11) is 0. The van der Waals surface area contributed by atoms with Gasteiger partial charge < -0.3 is 14.4 Å². The topological polar surface area (TPSA) is 59.8 Å². The van der Waals surface area contributed by atoms with Crippen LogP contribution in [0.25, 0.3) is 0 Å². The normalized spacial score (nSPS) is 31.9. The van der Waals surface area contributed by atoms with Crippen molar-refractivity contribution in [3.8, 4) is 11.5 Å². The quantitative estimate of drug-likeness (QED) is 0.800. The van der Waals surface area contributed by atoms with Crippen LogP contribution in [0.15, 0.2) is 30.5 Å². The fraction of sp³-hybridized carbons (Fsp3) is 0.545. The lowest BCUT2D eigenvalue weighted by Crippen LogP contribution is -2.60. The summed E-state index contributed by atoms with van der Waals surface area (Å²) in [5, 5.41) is 4.32. The molecule has 0 aliphatic carbocycles. The van der Waals surface area contributed by atoms with E-state index >= 15 is 0 Å². The highest BCUT2D eigenvalue weighted by Gasteiger charge is 2.55. The summed E-state index contributed by atoms with van der Waals surface area (Å²) >= 11 is 0. The number of hydrogen-bond acceptors (Lipinski definition) is 5. The minimum atomic E-state index is 0.122. The molecule has 1 aromatic heterocycles. The molecule has 1 aromatic carbocycles. The van der Waals surface area contributed by atoms with Gasteiger partial charge in [-0.05, 0) is 62.5 Å². The van der Waals surface area contributed by atoms with Crippen LogP contribution >= 0.6 is 0 Å². The number of likely N-dealkylation sites (tertiary alicyclic amines) is 1. The Morgan fingerprint density at radius 1 is 1.14 bits per heavy atom. The second kappa shape index (κ2) is 6.49. The average molecular weight is 394 g/mol. The Morgan fingerprint density at radius 2 is 1.97 bits per heavy atom. The van der Waals surface area contributed by atoms with Gasteiger partial charge in [0.2, 0.25) is 6.79 Å². The van der Waals surface area contributed by atoms with Crippen molar-refractivity contribution in [3.63, 3.8) is 0 Å². The first-order chi connectivity index (χ1) is 14.2. The van der Waals surface area contributed by atoms with Gasteiger partial charge in [-0.15, -0.1) is 0 Å². The van der Waals surface area contributed by atoms with Crippen molar-refractivity contribution < 1.29 is 14.3 Å². The van der Waals surface area contributed by atoms with Gasteiger partial charge in [-0.1, -0.05) is 6.07 Å². The largest absolute Gasteiger partial charge is 0.454 e. The number of amides is 1. The number of carbonyl (C=O) groups is 1. The molecule has 2 aromatic rings. The molecule has 4 fully saturated rings. The van der Waals surface area contributed by atoms with E-state index in [1.165, 1.54) is 18.4 Å². The summed E-state index contributed by atoms with van der Waals surface area (Å²) in [4.78, 5) is 18.4. The van der Waals surface area contributed by atoms with Crippen LogP contribution in [-0.2, 0) is 6.54 Å². The lowest BCUT2D eigenvalue weighted by molar-refractivity contribution is -0.00376. The zero-order valence-electron chi connectivity index (χ0n) is 16.7. The van der Waals surface area contributed by atoms with Crippen molar-refractivity contribution in [2.75, 3.05) is 26.4 Å². The van der Waals surface area contributed by atoms with Crippen LogP contribution in [0.4, 0.5) is 0 Å². The molecule has 7 heteroatoms. The number of aryl methyl sites for hydroxylation is 1. The van der Waals surface area contributed by atoms with Crippen molar-refractivity contribution in [2.45, 2.75) is 44.3 Å². The van der Waals surface area contributed by atoms with Crippen LogP contribution in [0, 0.1) is 5.92 Å². The van der Waals surface area contributed by atoms with Crippen molar-refractivity contribution in [3.05, 3.63) is 41.7 Å². The summed E-state index contributed by atoms with van der Waals surface area (Å²) in [6.45, 7) is 6.05. The number of piperidine rings is 3. The molecule has 7 rings (SSSR count). The first-order valence-electron chi connectivity index (χ1n) is 10.7. The van der Waals surface area contributed by atoms with E-state index in [0.29, 0.717) is 30.1 Å². The summed E-state index contributed by atoms with van der Waals surface area (Å²) in [5.74, 6) is 2.64. The molecule has 29 heavy (non-hydrogen) atoms. The number of benzene rings is 1. The SMILES string of the molecule is CCn1nccc1C(=O)N1C[C@H](c2ccc3c(c2)OCO3)[C@H]2[C@@H]1C1CCN2CC1. The standard InChI is InChI=1S/C22H26N4O3/c1-2-26-17(5-8-23-26)22(27)25-12-16(15-3-4-18-19(11-15)29-13-28-18)21-20(25)14-6-9-24(21)10-7-14/h3-5,8,11,14,16,20-21H,2,6-7,9-10,12-13H2,1H3/t16-,20+,21+/m1/s1. The number of aromatic nitrogens is 2. The predicted octanol–water partition coefficient (Wildman–Crippen LogP) is 2.33. The first-order valence-corrected chi connectivity index (χ1v) is 10.7. The van der Waals surface area contributed by atoms with E-state index in [2.05, 4.69) is 27.0 Å². The van der Waals surface area contributed by atoms with Gasteiger partial charge >= 0.3 is 0 Å². The highest BCUT2D eigenvalue weighted by molar-refractivity contribution is 5.93. The number of rotatable bonds is 3. The molecule has 0 N–H and O–H groups in total. The number of nitrogens with zero attached hydrogens (tertiary/aromatic N) is 4. The van der Waals surface area contributed by atoms with Crippen molar-refractivity contribution in [1.29, 1.82) is 0 Å². The molecule has 0 saturated carbocycles. The van der Waals surface area contributed by atoms with Crippen LogP contribution in [0.3, 0.4) is 0 Å². The van der Waals surface area contributed by atoms with Gasteiger partial charge in [-0.25, -0.2) is 0 Å². The van der Waals surface area contributed by atoms with E-state index in [-0.39, 0.29) is 18.7 Å². The van der Waals surface area contributed by atoms with E-state index in [1.807, 2.05) is 23.7 Å². The van der Waals surface area contributed by atoms with Gasteiger partial charge in [-0.3, -0.25) is 14.4 Å². The average Bonchev–Trinajstić information content (AvgIpc) is 3.51. The molecule has 2 bridgehead atoms. The summed E-state index contributed by atoms with van der Waals surface area (Å²) in [6.07, 6.45) is 4.10. The fourth-order valence-electron chi connectivity index (χ4n) is 6.01. The van der Waals surface area contributed by atoms with Gasteiger partial charge in [0.25, 0.3) is 5.91 Å². The second-order valence-corrected chi connectivity index (χ2v) is 8.56. The smallest absolute Gasteiger partial charge is 0.272 e. The molecule has 1 amide bonds. The third-order valence-electron chi connectivity index (χ3n) is 7.32. The second-order valence-electron chi connectivity index (χ2n) is 8.56. The summed E-state index contributed by atoms with van der Waals surface area (Å²) < 4.78 is 12.9. The lowest BCUT2D eigenvalue weighted by atomic mass is 9.75. The third kappa shape index (κ3) is 2.53. The number of fused-ring (bicyclic) bond motifs is 3. The molecule has 0 radical (unpaired) electrons. The van der Waals surface area contributed by atoms with Crippen molar-refractivity contribution in [1.82, 2.24) is 19.6 Å². The maximum atomic E-state index is 13.6. The zero-order chi connectivity index (χ0) is 19.5. The molecular weight excluding hydrogens is 368 g/mol. The molecule has 4 saturated heterocycles. The van der Waals surface area contributed by atoms with E-state index in [4.69, 9.17) is 9.47 Å². The van der Waals surface area contributed by atoms with Gasteiger partial charge in [0.1, 0.15) is 5.69 Å². The molecule has 5 aliphatic rings. The lowest BCUT2D eigenvalue weighted by Gasteiger charge is -2.51. The maximum absolute atomic E-state index is 13.6. The van der Waals surface area contributed by atoms with Crippen molar-refractivity contribution >= 4 is 5.91 Å². The summed E-state index contributed by atoms with van der Waals surface area (Å²) in [5.41, 5.74) is 1.95. The molecule has 0 unspecified atom stereocenters. The van der Waals surface area contributed by atoms with Gasteiger partial charge in [0, 0.05) is 31.2 Å². The number of carbonyl (C=O) groups excluding carboxylic acids is 1. The van der Waals surface area contributed by atoms with Crippen molar-refractivity contribution in [2.24, 2.45) is 5.92 Å². The Bertz CT molecular complexity index is 949. The summed E-state index contributed by atoms with van der Waals surface area (Å²) in [6, 6.07) is 8.81. The van der Waals surface area contributed by atoms with E-state index < -0.39 is 0 Å². The van der Waals surface area contributed by atoms with Crippen LogP contribution < -0.4 is 9.47 Å². The molecular formula is C22H26N4O3. The van der Waals surface area contributed by atoms with Crippen LogP contribution in [0.2, 0.25) is 0 Å². The Kier molecular flexibility index (Phi) is 3.88. The highest BCUT2D eigenvalue weighted by Crippen LogP contribution is 2.48. The van der Waals surface area contributed by atoms with E-state index in [9.17, 15) is 4.79 Å². The Labute approximate surface area is 170 Å². The van der Waals surface area contributed by atoms with Gasteiger partial charge in [-0.2, -0.15) is 5.10 Å². The monoisotopic (exact) mass is 394 g/mol. The van der Waals surface area contributed by atoms with E-state index in [1.54, 1.807) is 6.20 Å². The number of hydrogen-bond donors (Lipinski definition) is 0. The van der Waals surface area contributed by atoms with E-state index in [0.717, 1.165) is 31.1 Å². The molecule has 152 valence electrons. The zero-order valence-corrected chi connectivity index (χ0v) is 16.7. The minimum Gasteiger partial charge on any atom is -0.454 e. The highest BCUT2D eigenvalue weighted by atomic mass is 16.7. The first kappa shape index (κ1) is 17.3. The Balaban J connectivity index is 1.38. The third-order valence-corrected chi connectivity index (χ3v) is 7.32. The molecule has 6 heterocycles. The molecule has 7 nitrogen and oxygen atoms in total. The predicted molar refractivity (Wildman–Crippen MR) is 106 cm³/mol. The number of ether oxygens (including phenoxy) is 2.